The molecule has 3 aromatic heterocycles. The molecular weight excluding hydrogens is 273 g/mol. The van der Waals surface area contributed by atoms with Crippen LogP contribution in [0, 0.1) is 0 Å². The smallest absolute Gasteiger partial charge is 0.390 e. The highest BCUT2D eigenvalue weighted by molar-refractivity contribution is 5.48. The van der Waals surface area contributed by atoms with Crippen LogP contribution in [-0.2, 0) is 12.8 Å². The molecule has 0 aliphatic rings. The van der Waals surface area contributed by atoms with E-state index in [1.165, 1.54) is 0 Å². The minimum atomic E-state index is -4.46. The van der Waals surface area contributed by atoms with Gasteiger partial charge in [-0.1, -0.05) is 6.07 Å². The van der Waals surface area contributed by atoms with Crippen LogP contribution < -0.4 is 0 Å². The molecule has 0 atom stereocenters. The summed E-state index contributed by atoms with van der Waals surface area (Å²) < 4.78 is 40.3. The van der Waals surface area contributed by atoms with Gasteiger partial charge < -0.3 is 5.11 Å². The van der Waals surface area contributed by atoms with Crippen molar-refractivity contribution in [3.63, 3.8) is 0 Å². The van der Waals surface area contributed by atoms with Crippen LogP contribution in [0.1, 0.15) is 11.3 Å². The Hall–Kier alpha value is -2.35. The topological polar surface area (TPSA) is 55.3 Å². The third kappa shape index (κ3) is 1.94. The molecule has 104 valence electrons. The Labute approximate surface area is 110 Å². The molecular formula is C12H9F3N4O. The van der Waals surface area contributed by atoms with Gasteiger partial charge in [-0.3, -0.25) is 4.40 Å². The third-order valence-corrected chi connectivity index (χ3v) is 2.88. The van der Waals surface area contributed by atoms with Crippen LogP contribution in [0.25, 0.3) is 11.5 Å². The molecule has 3 rings (SSSR count). The Bertz CT molecular complexity index is 759. The maximum absolute atomic E-state index is 12.6. The number of nitrogens with zero attached hydrogens (tertiary/aromatic N) is 4. The SMILES string of the molecule is OCc1c(-n2cc(C(F)(F)F)cn2)nc2ccccn12. The molecule has 20 heavy (non-hydrogen) atoms. The van der Waals surface area contributed by atoms with Crippen molar-refractivity contribution in [2.45, 2.75) is 12.8 Å². The summed E-state index contributed by atoms with van der Waals surface area (Å²) in [5.74, 6) is 0.175. The molecule has 0 aliphatic heterocycles. The van der Waals surface area contributed by atoms with Gasteiger partial charge in [0.2, 0.25) is 0 Å². The molecule has 3 aromatic rings. The van der Waals surface area contributed by atoms with E-state index >= 15 is 0 Å². The Morgan fingerprint density at radius 3 is 2.70 bits per heavy atom. The predicted octanol–water partition coefficient (Wildman–Crippen LogP) is 2.03. The van der Waals surface area contributed by atoms with E-state index in [1.807, 2.05) is 0 Å². The molecule has 1 N–H and O–H groups in total. The van der Waals surface area contributed by atoms with Gasteiger partial charge in [-0.05, 0) is 12.1 Å². The number of rotatable bonds is 2. The van der Waals surface area contributed by atoms with Crippen molar-refractivity contribution in [3.05, 3.63) is 48.0 Å². The van der Waals surface area contributed by atoms with Crippen molar-refractivity contribution in [2.24, 2.45) is 0 Å². The van der Waals surface area contributed by atoms with Gasteiger partial charge in [0.05, 0.1) is 24.1 Å². The van der Waals surface area contributed by atoms with E-state index in [0.29, 0.717) is 11.3 Å². The summed E-state index contributed by atoms with van der Waals surface area (Å²) in [5.41, 5.74) is 0.0338. The second-order valence-electron chi connectivity index (χ2n) is 4.14. The summed E-state index contributed by atoms with van der Waals surface area (Å²) >= 11 is 0. The molecule has 0 fully saturated rings. The molecule has 5 nitrogen and oxygen atoms in total. The zero-order chi connectivity index (χ0) is 14.3. The third-order valence-electron chi connectivity index (χ3n) is 2.88. The summed E-state index contributed by atoms with van der Waals surface area (Å²) in [5, 5.41) is 13.1. The fourth-order valence-electron chi connectivity index (χ4n) is 1.95. The lowest BCUT2D eigenvalue weighted by molar-refractivity contribution is -0.137. The molecule has 0 aliphatic carbocycles. The molecule has 0 aromatic carbocycles. The zero-order valence-corrected chi connectivity index (χ0v) is 10.0. The number of aliphatic hydroxyl groups is 1. The highest BCUT2D eigenvalue weighted by Crippen LogP contribution is 2.29. The maximum atomic E-state index is 12.6. The number of aliphatic hydroxyl groups excluding tert-OH is 1. The Morgan fingerprint density at radius 2 is 2.05 bits per heavy atom. The molecule has 0 radical (unpaired) electrons. The van der Waals surface area contributed by atoms with Gasteiger partial charge in [0.15, 0.2) is 5.82 Å². The van der Waals surface area contributed by atoms with Crippen LogP contribution in [0.5, 0.6) is 0 Å². The predicted molar refractivity (Wildman–Crippen MR) is 63.2 cm³/mol. The van der Waals surface area contributed by atoms with Crippen LogP contribution in [0.3, 0.4) is 0 Å². The second-order valence-corrected chi connectivity index (χ2v) is 4.14. The van der Waals surface area contributed by atoms with Crippen molar-refractivity contribution >= 4 is 5.65 Å². The first-order chi connectivity index (χ1) is 9.50. The van der Waals surface area contributed by atoms with Gasteiger partial charge in [0.1, 0.15) is 5.65 Å². The van der Waals surface area contributed by atoms with Crippen LogP contribution in [0.4, 0.5) is 13.2 Å². The Morgan fingerprint density at radius 1 is 1.25 bits per heavy atom. The Balaban J connectivity index is 2.17. The van der Waals surface area contributed by atoms with Crippen LogP contribution in [0.15, 0.2) is 36.8 Å². The Kier molecular flexibility index (Phi) is 2.75. The van der Waals surface area contributed by atoms with Crippen molar-refractivity contribution < 1.29 is 18.3 Å². The first-order valence-corrected chi connectivity index (χ1v) is 5.70. The quantitative estimate of drug-likeness (QED) is 0.782. The summed E-state index contributed by atoms with van der Waals surface area (Å²) in [6, 6.07) is 5.18. The van der Waals surface area contributed by atoms with E-state index in [-0.39, 0.29) is 12.4 Å². The lowest BCUT2D eigenvalue weighted by Crippen LogP contribution is -2.04. The zero-order valence-electron chi connectivity index (χ0n) is 10.0. The standard InChI is InChI=1S/C12H9F3N4O/c13-12(14,15)8-5-16-19(6-8)11-9(7-20)18-4-2-1-3-10(18)17-11/h1-6,20H,7H2. The van der Waals surface area contributed by atoms with E-state index in [0.717, 1.165) is 17.1 Å². The first kappa shape index (κ1) is 12.7. The molecule has 0 bridgehead atoms. The van der Waals surface area contributed by atoms with Crippen LogP contribution >= 0.6 is 0 Å². The largest absolute Gasteiger partial charge is 0.419 e. The van der Waals surface area contributed by atoms with Crippen molar-refractivity contribution in [2.75, 3.05) is 0 Å². The van der Waals surface area contributed by atoms with E-state index < -0.39 is 11.7 Å². The first-order valence-electron chi connectivity index (χ1n) is 5.70. The number of alkyl halides is 3. The van der Waals surface area contributed by atoms with E-state index in [1.54, 1.807) is 28.8 Å². The van der Waals surface area contributed by atoms with E-state index in [4.69, 9.17) is 0 Å². The average Bonchev–Trinajstić information content (AvgIpc) is 3.02. The summed E-state index contributed by atoms with van der Waals surface area (Å²) in [4.78, 5) is 4.19. The van der Waals surface area contributed by atoms with Crippen molar-refractivity contribution in [1.29, 1.82) is 0 Å². The molecule has 0 saturated heterocycles. The molecule has 3 heterocycles. The lowest BCUT2D eigenvalue weighted by atomic mass is 10.3. The van der Waals surface area contributed by atoms with Crippen molar-refractivity contribution in [3.8, 4) is 5.82 Å². The van der Waals surface area contributed by atoms with E-state index in [2.05, 4.69) is 10.1 Å². The van der Waals surface area contributed by atoms with Gasteiger partial charge in [0, 0.05) is 12.4 Å². The highest BCUT2D eigenvalue weighted by atomic mass is 19.4. The average molecular weight is 282 g/mol. The van der Waals surface area contributed by atoms with Gasteiger partial charge in [0.25, 0.3) is 0 Å². The number of hydrogen-bond acceptors (Lipinski definition) is 3. The monoisotopic (exact) mass is 282 g/mol. The number of halogens is 3. The molecule has 0 unspecified atom stereocenters. The number of pyridine rings is 1. The second kappa shape index (κ2) is 4.34. The summed E-state index contributed by atoms with van der Waals surface area (Å²) in [7, 11) is 0. The van der Waals surface area contributed by atoms with Gasteiger partial charge in [-0.15, -0.1) is 0 Å². The lowest BCUT2D eigenvalue weighted by Gasteiger charge is -2.02. The van der Waals surface area contributed by atoms with Crippen LogP contribution in [0.2, 0.25) is 0 Å². The van der Waals surface area contributed by atoms with Crippen molar-refractivity contribution in [1.82, 2.24) is 19.2 Å². The number of imidazole rings is 1. The maximum Gasteiger partial charge on any atom is 0.419 e. The summed E-state index contributed by atoms with van der Waals surface area (Å²) in [6.45, 7) is -0.359. The summed E-state index contributed by atoms with van der Waals surface area (Å²) in [6.07, 6.45) is -1.21. The molecule has 0 spiro atoms. The fraction of sp³-hybridized carbons (Fsp3) is 0.167. The minimum absolute atomic E-state index is 0.175. The van der Waals surface area contributed by atoms with Gasteiger partial charge in [-0.2, -0.15) is 18.3 Å². The number of hydrogen-bond donors (Lipinski definition) is 1. The molecule has 0 saturated carbocycles. The normalized spacial score (nSPS) is 12.2. The van der Waals surface area contributed by atoms with Crippen LogP contribution in [-0.4, -0.2) is 24.3 Å². The molecule has 0 amide bonds. The van der Waals surface area contributed by atoms with Gasteiger partial charge >= 0.3 is 6.18 Å². The number of fused-ring (bicyclic) bond motifs is 1. The molecule has 8 heteroatoms. The van der Waals surface area contributed by atoms with Gasteiger partial charge in [-0.25, -0.2) is 9.67 Å². The fourth-order valence-corrected chi connectivity index (χ4v) is 1.95. The number of aromatic nitrogens is 4. The minimum Gasteiger partial charge on any atom is -0.390 e. The van der Waals surface area contributed by atoms with E-state index in [9.17, 15) is 18.3 Å². The highest BCUT2D eigenvalue weighted by Gasteiger charge is 2.32.